The minimum atomic E-state index is -0.0932. The van der Waals surface area contributed by atoms with E-state index in [0.717, 1.165) is 13.0 Å². The Bertz CT molecular complexity index is 422. The highest BCUT2D eigenvalue weighted by Gasteiger charge is 2.33. The second-order valence-electron chi connectivity index (χ2n) is 4.35. The molecular weight excluding hydrogens is 218 g/mol. The molecule has 2 heterocycles. The minimum absolute atomic E-state index is 0.0322. The zero-order chi connectivity index (χ0) is 12.4. The van der Waals surface area contributed by atoms with Gasteiger partial charge in [0.1, 0.15) is 11.5 Å². The highest BCUT2D eigenvalue weighted by atomic mass is 16.3. The topological polar surface area (TPSA) is 99.1 Å². The molecule has 92 valence electrons. The number of nitrogens with one attached hydrogen (secondary N) is 1. The number of nitrogen functional groups attached to an aromatic ring is 1. The van der Waals surface area contributed by atoms with Gasteiger partial charge in [-0.15, -0.1) is 0 Å². The molecule has 4 N–H and O–H groups in total. The lowest BCUT2D eigenvalue weighted by molar-refractivity contribution is 0.244. The number of anilines is 1. The second kappa shape index (κ2) is 4.67. The average molecular weight is 235 g/mol. The Kier molecular flexibility index (Phi) is 3.23. The van der Waals surface area contributed by atoms with Crippen molar-refractivity contribution in [2.75, 3.05) is 18.1 Å². The number of nitrogens with two attached hydrogens (primary N) is 1. The van der Waals surface area contributed by atoms with Crippen LogP contribution in [0.5, 0.6) is 0 Å². The van der Waals surface area contributed by atoms with Gasteiger partial charge in [-0.1, -0.05) is 6.92 Å². The van der Waals surface area contributed by atoms with E-state index in [-0.39, 0.29) is 18.5 Å². The van der Waals surface area contributed by atoms with Crippen molar-refractivity contribution in [3.05, 3.63) is 18.1 Å². The lowest BCUT2D eigenvalue weighted by Gasteiger charge is -2.27. The van der Waals surface area contributed by atoms with Gasteiger partial charge in [0.15, 0.2) is 5.82 Å². The van der Waals surface area contributed by atoms with Crippen molar-refractivity contribution in [2.24, 2.45) is 11.7 Å². The maximum atomic E-state index is 9.42. The summed E-state index contributed by atoms with van der Waals surface area (Å²) in [6.07, 6.45) is 4.10. The Labute approximate surface area is 100.0 Å². The second-order valence-corrected chi connectivity index (χ2v) is 4.35. The molecule has 2 unspecified atom stereocenters. The van der Waals surface area contributed by atoms with Crippen molar-refractivity contribution in [2.45, 2.75) is 19.4 Å². The molecule has 1 saturated heterocycles. The maximum absolute atomic E-state index is 9.42. The van der Waals surface area contributed by atoms with Crippen LogP contribution in [0.15, 0.2) is 12.4 Å². The van der Waals surface area contributed by atoms with Gasteiger partial charge >= 0.3 is 0 Å². The van der Waals surface area contributed by atoms with E-state index in [1.54, 1.807) is 6.20 Å². The Morgan fingerprint density at radius 1 is 1.59 bits per heavy atom. The molecule has 0 radical (unpaired) electrons. The Balaban J connectivity index is 2.37. The monoisotopic (exact) mass is 235 g/mol. The van der Waals surface area contributed by atoms with Crippen molar-refractivity contribution < 1.29 is 5.11 Å². The van der Waals surface area contributed by atoms with Gasteiger partial charge in [-0.3, -0.25) is 5.41 Å². The first kappa shape index (κ1) is 11.8. The predicted molar refractivity (Wildman–Crippen MR) is 65.0 cm³/mol. The Morgan fingerprint density at radius 3 is 2.94 bits per heavy atom. The molecule has 1 aromatic heterocycles. The molecule has 0 aliphatic carbocycles. The molecule has 2 atom stereocenters. The summed E-state index contributed by atoms with van der Waals surface area (Å²) >= 11 is 0. The van der Waals surface area contributed by atoms with Gasteiger partial charge in [0.25, 0.3) is 0 Å². The molecule has 1 aromatic rings. The van der Waals surface area contributed by atoms with Gasteiger partial charge in [-0.2, -0.15) is 0 Å². The van der Waals surface area contributed by atoms with Crippen LogP contribution >= 0.6 is 0 Å². The van der Waals surface area contributed by atoms with Crippen LogP contribution in [-0.4, -0.2) is 40.1 Å². The van der Waals surface area contributed by atoms with Crippen molar-refractivity contribution >= 4 is 11.7 Å². The van der Waals surface area contributed by atoms with Crippen LogP contribution in [-0.2, 0) is 0 Å². The van der Waals surface area contributed by atoms with Gasteiger partial charge in [0, 0.05) is 18.9 Å². The van der Waals surface area contributed by atoms with E-state index < -0.39 is 0 Å². The zero-order valence-corrected chi connectivity index (χ0v) is 9.80. The van der Waals surface area contributed by atoms with E-state index in [9.17, 15) is 5.11 Å². The van der Waals surface area contributed by atoms with Crippen LogP contribution in [0.2, 0.25) is 0 Å². The minimum Gasteiger partial charge on any atom is -0.394 e. The van der Waals surface area contributed by atoms with Crippen molar-refractivity contribution in [3.63, 3.8) is 0 Å². The van der Waals surface area contributed by atoms with Crippen LogP contribution in [0.3, 0.4) is 0 Å². The summed E-state index contributed by atoms with van der Waals surface area (Å²) in [5.41, 5.74) is 5.88. The molecule has 6 heteroatoms. The molecule has 1 aliphatic heterocycles. The molecule has 1 aliphatic rings. The summed E-state index contributed by atoms with van der Waals surface area (Å²) in [4.78, 5) is 10.3. The number of aliphatic hydroxyl groups excluding tert-OH is 1. The van der Waals surface area contributed by atoms with E-state index in [1.807, 2.05) is 4.90 Å². The van der Waals surface area contributed by atoms with Crippen LogP contribution in [0, 0.1) is 11.3 Å². The summed E-state index contributed by atoms with van der Waals surface area (Å²) < 4.78 is 0. The number of hydrogen-bond acceptors (Lipinski definition) is 5. The molecule has 2 rings (SSSR count). The SMILES string of the molecule is CC1CCN(c2nccnc2C(=N)N)C1CO. The summed E-state index contributed by atoms with van der Waals surface area (Å²) in [7, 11) is 0. The van der Waals surface area contributed by atoms with Crippen LogP contribution in [0.25, 0.3) is 0 Å². The quantitative estimate of drug-likeness (QED) is 0.504. The Morgan fingerprint density at radius 2 is 2.29 bits per heavy atom. The van der Waals surface area contributed by atoms with Gasteiger partial charge < -0.3 is 15.7 Å². The van der Waals surface area contributed by atoms with Crippen LogP contribution in [0.1, 0.15) is 19.0 Å². The highest BCUT2D eigenvalue weighted by Crippen LogP contribution is 2.29. The molecular formula is C11H17N5O. The Hall–Kier alpha value is -1.69. The largest absolute Gasteiger partial charge is 0.394 e. The molecule has 0 spiro atoms. The summed E-state index contributed by atoms with van der Waals surface area (Å²) in [5.74, 6) is 0.912. The third kappa shape index (κ3) is 2.08. The van der Waals surface area contributed by atoms with Crippen molar-refractivity contribution in [1.29, 1.82) is 5.41 Å². The van der Waals surface area contributed by atoms with E-state index in [1.165, 1.54) is 6.20 Å². The molecule has 0 bridgehead atoms. The first-order valence-corrected chi connectivity index (χ1v) is 5.68. The molecule has 0 saturated carbocycles. The van der Waals surface area contributed by atoms with E-state index in [0.29, 0.717) is 17.4 Å². The highest BCUT2D eigenvalue weighted by molar-refractivity contribution is 5.97. The average Bonchev–Trinajstić information content (AvgIpc) is 2.70. The molecule has 0 amide bonds. The third-order valence-electron chi connectivity index (χ3n) is 3.28. The number of hydrogen-bond donors (Lipinski definition) is 3. The fraction of sp³-hybridized carbons (Fsp3) is 0.545. The van der Waals surface area contributed by atoms with Gasteiger partial charge in [0.05, 0.1) is 12.6 Å². The van der Waals surface area contributed by atoms with Gasteiger partial charge in [-0.25, -0.2) is 9.97 Å². The van der Waals surface area contributed by atoms with Crippen molar-refractivity contribution in [3.8, 4) is 0 Å². The number of nitrogens with zero attached hydrogens (tertiary/aromatic N) is 3. The third-order valence-corrected chi connectivity index (χ3v) is 3.28. The maximum Gasteiger partial charge on any atom is 0.158 e. The smallest absolute Gasteiger partial charge is 0.158 e. The summed E-state index contributed by atoms with van der Waals surface area (Å²) in [6.45, 7) is 2.99. The van der Waals surface area contributed by atoms with E-state index >= 15 is 0 Å². The fourth-order valence-electron chi connectivity index (χ4n) is 2.28. The van der Waals surface area contributed by atoms with E-state index in [4.69, 9.17) is 11.1 Å². The van der Waals surface area contributed by atoms with Crippen LogP contribution in [0.4, 0.5) is 5.82 Å². The molecule has 1 fully saturated rings. The first-order chi connectivity index (χ1) is 8.15. The fourth-order valence-corrected chi connectivity index (χ4v) is 2.28. The predicted octanol–water partition coefficient (Wildman–Crippen LogP) is -0.0322. The van der Waals surface area contributed by atoms with E-state index in [2.05, 4.69) is 16.9 Å². The lowest BCUT2D eigenvalue weighted by atomic mass is 10.0. The molecule has 0 aromatic carbocycles. The van der Waals surface area contributed by atoms with Gasteiger partial charge in [0.2, 0.25) is 0 Å². The molecule has 6 nitrogen and oxygen atoms in total. The van der Waals surface area contributed by atoms with Crippen LogP contribution < -0.4 is 10.6 Å². The lowest BCUT2D eigenvalue weighted by Crippen LogP contribution is -2.37. The summed E-state index contributed by atoms with van der Waals surface area (Å²) in [5, 5.41) is 16.9. The van der Waals surface area contributed by atoms with Gasteiger partial charge in [-0.05, 0) is 12.3 Å². The number of aromatic nitrogens is 2. The van der Waals surface area contributed by atoms with Crippen molar-refractivity contribution in [1.82, 2.24) is 9.97 Å². The number of aliphatic hydroxyl groups is 1. The summed E-state index contributed by atoms with van der Waals surface area (Å²) in [6, 6.07) is 0.0322. The normalized spacial score (nSPS) is 24.0. The molecule has 17 heavy (non-hydrogen) atoms. The number of rotatable bonds is 3. The zero-order valence-electron chi connectivity index (χ0n) is 9.80. The standard InChI is InChI=1S/C11H17N5O/c1-7-2-5-16(8(7)6-17)11-9(10(12)13)14-3-4-15-11/h3-4,7-8,17H,2,5-6H2,1H3,(H3,12,13). The number of amidine groups is 1. The first-order valence-electron chi connectivity index (χ1n) is 5.68.